The van der Waals surface area contributed by atoms with E-state index in [1.165, 1.54) is 25.3 Å². The number of benzene rings is 2. The summed E-state index contributed by atoms with van der Waals surface area (Å²) in [5.41, 5.74) is -0.813. The Balaban J connectivity index is 1.92. The highest BCUT2D eigenvalue weighted by Crippen LogP contribution is 2.39. The molecule has 2 unspecified atom stereocenters. The van der Waals surface area contributed by atoms with Gasteiger partial charge in [-0.05, 0) is 18.2 Å². The third kappa shape index (κ3) is 3.67. The standard InChI is InChI=1S/C21H20O11/c1-29-13-4-8(2-3-10(13)23)19-20(32-21-18(28)16(26)12(25)7-30-21)17(27)15-11(24)5-9(22)6-14(15)31-19/h2-6,12,16,18,21-26,28H,7H2,1H3/t12-,16?,18?,21+/m1/s1. The number of aromatic hydroxyl groups is 3. The van der Waals surface area contributed by atoms with Crippen molar-refractivity contribution in [2.45, 2.75) is 24.6 Å². The lowest BCUT2D eigenvalue weighted by molar-refractivity contribution is -0.242. The Bertz CT molecular complexity index is 1220. The summed E-state index contributed by atoms with van der Waals surface area (Å²) in [5.74, 6) is -1.73. The number of phenolic OH excluding ortho intramolecular Hbond substituents is 3. The molecular weight excluding hydrogens is 428 g/mol. The van der Waals surface area contributed by atoms with Gasteiger partial charge in [-0.3, -0.25) is 4.79 Å². The van der Waals surface area contributed by atoms with Gasteiger partial charge >= 0.3 is 0 Å². The molecular formula is C21H20O11. The summed E-state index contributed by atoms with van der Waals surface area (Å²) >= 11 is 0. The molecule has 6 N–H and O–H groups in total. The van der Waals surface area contributed by atoms with Gasteiger partial charge in [-0.1, -0.05) is 0 Å². The summed E-state index contributed by atoms with van der Waals surface area (Å²) in [5, 5.41) is 59.3. The number of fused-ring (bicyclic) bond motifs is 1. The van der Waals surface area contributed by atoms with E-state index < -0.39 is 41.5 Å². The monoisotopic (exact) mass is 448 g/mol. The molecule has 1 fully saturated rings. The lowest BCUT2D eigenvalue weighted by Gasteiger charge is -2.34. The van der Waals surface area contributed by atoms with Gasteiger partial charge < -0.3 is 49.3 Å². The first kappa shape index (κ1) is 21.7. The van der Waals surface area contributed by atoms with Crippen molar-refractivity contribution in [3.8, 4) is 40.1 Å². The van der Waals surface area contributed by atoms with E-state index in [9.17, 15) is 35.4 Å². The minimum atomic E-state index is -1.70. The van der Waals surface area contributed by atoms with Crippen molar-refractivity contribution < 1.29 is 49.3 Å². The maximum atomic E-state index is 13.2. The first-order valence-corrected chi connectivity index (χ1v) is 9.44. The van der Waals surface area contributed by atoms with Gasteiger partial charge in [0.05, 0.1) is 13.7 Å². The number of rotatable bonds is 4. The van der Waals surface area contributed by atoms with Crippen LogP contribution in [0.2, 0.25) is 0 Å². The number of methoxy groups -OCH3 is 1. The molecule has 3 aromatic rings. The van der Waals surface area contributed by atoms with Crippen LogP contribution in [0.4, 0.5) is 0 Å². The highest BCUT2D eigenvalue weighted by molar-refractivity contribution is 5.88. The summed E-state index contributed by atoms with van der Waals surface area (Å²) in [4.78, 5) is 13.2. The van der Waals surface area contributed by atoms with Crippen molar-refractivity contribution in [2.75, 3.05) is 13.7 Å². The van der Waals surface area contributed by atoms with Gasteiger partial charge in [-0.2, -0.15) is 0 Å². The van der Waals surface area contributed by atoms with Crippen LogP contribution in [0.15, 0.2) is 39.5 Å². The zero-order valence-corrected chi connectivity index (χ0v) is 16.6. The second-order valence-electron chi connectivity index (χ2n) is 7.18. The molecule has 4 atom stereocenters. The van der Waals surface area contributed by atoms with E-state index in [0.717, 1.165) is 12.1 Å². The summed E-state index contributed by atoms with van der Waals surface area (Å²) in [6, 6.07) is 6.10. The SMILES string of the molecule is COc1cc(-c2oc3cc(O)cc(O)c3c(=O)c2O[C@@H]2OC[C@@H](O)C(O)C2O)ccc1O. The molecule has 2 aromatic carbocycles. The average molecular weight is 448 g/mol. The predicted molar refractivity (Wildman–Crippen MR) is 108 cm³/mol. The van der Waals surface area contributed by atoms with Gasteiger partial charge in [0.1, 0.15) is 40.8 Å². The van der Waals surface area contributed by atoms with Gasteiger partial charge in [0.15, 0.2) is 17.3 Å². The summed E-state index contributed by atoms with van der Waals surface area (Å²) in [7, 11) is 1.32. The maximum absolute atomic E-state index is 13.2. The molecule has 1 aliphatic heterocycles. The van der Waals surface area contributed by atoms with E-state index in [1.54, 1.807) is 0 Å². The van der Waals surface area contributed by atoms with Crippen LogP contribution in [-0.2, 0) is 4.74 Å². The molecule has 0 spiro atoms. The van der Waals surface area contributed by atoms with E-state index >= 15 is 0 Å². The fraction of sp³-hybridized carbons (Fsp3) is 0.286. The van der Waals surface area contributed by atoms with Crippen molar-refractivity contribution >= 4 is 11.0 Å². The van der Waals surface area contributed by atoms with E-state index in [2.05, 4.69) is 0 Å². The fourth-order valence-electron chi connectivity index (χ4n) is 3.38. The smallest absolute Gasteiger partial charge is 0.239 e. The minimum Gasteiger partial charge on any atom is -0.508 e. The highest BCUT2D eigenvalue weighted by atomic mass is 16.7. The summed E-state index contributed by atoms with van der Waals surface area (Å²) in [6.07, 6.45) is -6.20. The lowest BCUT2D eigenvalue weighted by Crippen LogP contribution is -2.55. The van der Waals surface area contributed by atoms with Crippen LogP contribution in [0, 0.1) is 0 Å². The molecule has 11 nitrogen and oxygen atoms in total. The quantitative estimate of drug-likeness (QED) is 0.325. The average Bonchev–Trinajstić information content (AvgIpc) is 2.75. The highest BCUT2D eigenvalue weighted by Gasteiger charge is 2.40. The van der Waals surface area contributed by atoms with Crippen LogP contribution in [0.1, 0.15) is 0 Å². The number of phenols is 3. The molecule has 170 valence electrons. The van der Waals surface area contributed by atoms with Gasteiger partial charge in [0, 0.05) is 17.7 Å². The second kappa shape index (κ2) is 8.20. The molecule has 4 rings (SSSR count). The summed E-state index contributed by atoms with van der Waals surface area (Å²) in [6.45, 7) is -0.372. The largest absolute Gasteiger partial charge is 0.508 e. The Morgan fingerprint density at radius 2 is 1.75 bits per heavy atom. The van der Waals surface area contributed by atoms with Crippen LogP contribution >= 0.6 is 0 Å². The number of hydrogen-bond acceptors (Lipinski definition) is 11. The zero-order valence-electron chi connectivity index (χ0n) is 16.6. The van der Waals surface area contributed by atoms with Crippen molar-refractivity contribution in [1.29, 1.82) is 0 Å². The van der Waals surface area contributed by atoms with E-state index in [-0.39, 0.29) is 46.1 Å². The molecule has 0 amide bonds. The number of aliphatic hydroxyl groups excluding tert-OH is 3. The second-order valence-corrected chi connectivity index (χ2v) is 7.18. The molecule has 11 heteroatoms. The van der Waals surface area contributed by atoms with E-state index in [0.29, 0.717) is 0 Å². The molecule has 0 radical (unpaired) electrons. The van der Waals surface area contributed by atoms with Crippen LogP contribution < -0.4 is 14.9 Å². The Morgan fingerprint density at radius 1 is 1.00 bits per heavy atom. The predicted octanol–water partition coefficient (Wildman–Crippen LogP) is 0.403. The molecule has 1 aliphatic rings. The van der Waals surface area contributed by atoms with Crippen molar-refractivity contribution in [2.24, 2.45) is 0 Å². The van der Waals surface area contributed by atoms with Gasteiger partial charge in [-0.15, -0.1) is 0 Å². The van der Waals surface area contributed by atoms with Gasteiger partial charge in [0.25, 0.3) is 0 Å². The molecule has 32 heavy (non-hydrogen) atoms. The van der Waals surface area contributed by atoms with Crippen LogP contribution in [0.25, 0.3) is 22.3 Å². The number of aliphatic hydroxyl groups is 3. The normalized spacial score (nSPS) is 23.2. The van der Waals surface area contributed by atoms with Gasteiger partial charge in [0.2, 0.25) is 17.5 Å². The molecule has 0 bridgehead atoms. The Morgan fingerprint density at radius 3 is 2.47 bits per heavy atom. The Labute approximate surface area is 179 Å². The van der Waals surface area contributed by atoms with Crippen LogP contribution in [0.5, 0.6) is 28.7 Å². The maximum Gasteiger partial charge on any atom is 0.239 e. The lowest BCUT2D eigenvalue weighted by atomic mass is 10.1. The number of hydrogen-bond donors (Lipinski definition) is 6. The Kier molecular flexibility index (Phi) is 5.57. The van der Waals surface area contributed by atoms with Crippen LogP contribution in [-0.4, -0.2) is 69.0 Å². The third-order valence-electron chi connectivity index (χ3n) is 5.05. The molecule has 2 heterocycles. The van der Waals surface area contributed by atoms with Crippen LogP contribution in [0.3, 0.4) is 0 Å². The molecule has 1 aromatic heterocycles. The molecule has 0 saturated carbocycles. The van der Waals surface area contributed by atoms with Gasteiger partial charge in [-0.25, -0.2) is 0 Å². The zero-order chi connectivity index (χ0) is 23.2. The topological polar surface area (TPSA) is 179 Å². The van der Waals surface area contributed by atoms with Crippen molar-refractivity contribution in [1.82, 2.24) is 0 Å². The first-order chi connectivity index (χ1) is 15.2. The third-order valence-corrected chi connectivity index (χ3v) is 5.05. The molecule has 1 saturated heterocycles. The van der Waals surface area contributed by atoms with E-state index in [1.807, 2.05) is 0 Å². The first-order valence-electron chi connectivity index (χ1n) is 9.44. The minimum absolute atomic E-state index is 0.0578. The number of ether oxygens (including phenoxy) is 3. The Hall–Kier alpha value is -3.51. The van der Waals surface area contributed by atoms with Crippen molar-refractivity contribution in [3.05, 3.63) is 40.6 Å². The molecule has 0 aliphatic carbocycles. The fourth-order valence-corrected chi connectivity index (χ4v) is 3.38. The van der Waals surface area contributed by atoms with E-state index in [4.69, 9.17) is 18.6 Å². The van der Waals surface area contributed by atoms with Crippen molar-refractivity contribution in [3.63, 3.8) is 0 Å². The summed E-state index contributed by atoms with van der Waals surface area (Å²) < 4.78 is 21.6.